The summed E-state index contributed by atoms with van der Waals surface area (Å²) in [5, 5.41) is 9.48. The molecule has 1 aromatic carbocycles. The van der Waals surface area contributed by atoms with Gasteiger partial charge in [-0.15, -0.1) is 11.3 Å². The molecule has 1 atom stereocenters. The third-order valence-electron chi connectivity index (χ3n) is 4.26. The summed E-state index contributed by atoms with van der Waals surface area (Å²) in [6, 6.07) is 15.7. The van der Waals surface area contributed by atoms with Crippen molar-refractivity contribution in [2.24, 2.45) is 0 Å². The lowest BCUT2D eigenvalue weighted by Crippen LogP contribution is -2.28. The Morgan fingerprint density at radius 3 is 2.69 bits per heavy atom. The van der Waals surface area contributed by atoms with Crippen molar-refractivity contribution >= 4 is 22.9 Å². The third kappa shape index (κ3) is 2.99. The lowest BCUT2D eigenvalue weighted by atomic mass is 10.1. The van der Waals surface area contributed by atoms with E-state index < -0.39 is 0 Å². The summed E-state index contributed by atoms with van der Waals surface area (Å²) in [7, 11) is 0. The van der Waals surface area contributed by atoms with Gasteiger partial charge in [0.15, 0.2) is 5.65 Å². The molecule has 3 heterocycles. The minimum Gasteiger partial charge on any atom is -0.340 e. The van der Waals surface area contributed by atoms with Crippen LogP contribution >= 0.6 is 11.3 Å². The van der Waals surface area contributed by atoms with Crippen LogP contribution in [0.5, 0.6) is 0 Å². The predicted octanol–water partition coefficient (Wildman–Crippen LogP) is 3.93. The number of thiophene rings is 1. The van der Waals surface area contributed by atoms with E-state index >= 15 is 0 Å². The van der Waals surface area contributed by atoms with Crippen molar-refractivity contribution in [3.8, 4) is 0 Å². The highest BCUT2D eigenvalue weighted by atomic mass is 32.1. The zero-order valence-corrected chi connectivity index (χ0v) is 15.3. The Labute approximate surface area is 155 Å². The van der Waals surface area contributed by atoms with Gasteiger partial charge in [-0.3, -0.25) is 4.79 Å². The Kier molecular flexibility index (Phi) is 4.26. The quantitative estimate of drug-likeness (QED) is 0.598. The second-order valence-electron chi connectivity index (χ2n) is 6.17. The normalized spacial score (nSPS) is 12.2. The molecule has 1 amide bonds. The van der Waals surface area contributed by atoms with E-state index in [1.807, 2.05) is 67.8 Å². The largest absolute Gasteiger partial charge is 0.340 e. The Hall–Kier alpha value is -2.99. The zero-order valence-electron chi connectivity index (χ0n) is 14.5. The van der Waals surface area contributed by atoms with E-state index in [-0.39, 0.29) is 11.9 Å². The molecule has 0 spiro atoms. The molecular weight excluding hydrogens is 344 g/mol. The van der Waals surface area contributed by atoms with Crippen LogP contribution in [0.4, 0.5) is 0 Å². The summed E-state index contributed by atoms with van der Waals surface area (Å²) in [6.45, 7) is 3.87. The van der Waals surface area contributed by atoms with Gasteiger partial charge in [0.1, 0.15) is 5.56 Å². The zero-order chi connectivity index (χ0) is 18.1. The van der Waals surface area contributed by atoms with Crippen LogP contribution in [0.25, 0.3) is 5.65 Å². The van der Waals surface area contributed by atoms with Crippen LogP contribution in [0.3, 0.4) is 0 Å². The van der Waals surface area contributed by atoms with E-state index in [1.54, 1.807) is 22.0 Å². The predicted molar refractivity (Wildman–Crippen MR) is 103 cm³/mol. The van der Waals surface area contributed by atoms with E-state index in [9.17, 15) is 4.79 Å². The second-order valence-corrected chi connectivity index (χ2v) is 7.14. The number of nitrogens with one attached hydrogen (secondary N) is 1. The minimum absolute atomic E-state index is 0.181. The van der Waals surface area contributed by atoms with E-state index in [0.29, 0.717) is 11.2 Å². The monoisotopic (exact) mass is 362 g/mol. The highest BCUT2D eigenvalue weighted by molar-refractivity contribution is 7.10. The van der Waals surface area contributed by atoms with Gasteiger partial charge < -0.3 is 5.32 Å². The van der Waals surface area contributed by atoms with Gasteiger partial charge in [0, 0.05) is 16.3 Å². The first-order chi connectivity index (χ1) is 12.6. The smallest absolute Gasteiger partial charge is 0.257 e. The maximum absolute atomic E-state index is 13.0. The van der Waals surface area contributed by atoms with Gasteiger partial charge in [-0.1, -0.05) is 36.4 Å². The van der Waals surface area contributed by atoms with E-state index in [1.165, 1.54) is 0 Å². The number of carbonyl (C=O) groups excluding carboxylic acids is 1. The Morgan fingerprint density at radius 1 is 1.15 bits per heavy atom. The highest BCUT2D eigenvalue weighted by Crippen LogP contribution is 2.26. The number of aryl methyl sites for hydroxylation is 2. The summed E-state index contributed by atoms with van der Waals surface area (Å²) in [6.07, 6.45) is 1.58. The maximum Gasteiger partial charge on any atom is 0.257 e. The van der Waals surface area contributed by atoms with Crippen LogP contribution in [0.1, 0.15) is 38.2 Å². The van der Waals surface area contributed by atoms with E-state index in [0.717, 1.165) is 21.8 Å². The van der Waals surface area contributed by atoms with Crippen LogP contribution in [0.2, 0.25) is 0 Å². The molecule has 0 aliphatic rings. The van der Waals surface area contributed by atoms with Crippen LogP contribution in [-0.4, -0.2) is 20.5 Å². The molecule has 4 aromatic rings. The molecule has 0 radical (unpaired) electrons. The third-order valence-corrected chi connectivity index (χ3v) is 5.20. The minimum atomic E-state index is -0.204. The molecule has 26 heavy (non-hydrogen) atoms. The molecule has 1 unspecified atom stereocenters. The summed E-state index contributed by atoms with van der Waals surface area (Å²) in [5.41, 5.74) is 3.92. The summed E-state index contributed by atoms with van der Waals surface area (Å²) >= 11 is 1.62. The molecule has 130 valence electrons. The number of hydrogen-bond donors (Lipinski definition) is 1. The molecular formula is C20H18N4OS. The van der Waals surface area contributed by atoms with Gasteiger partial charge in [0.25, 0.3) is 5.91 Å². The second kappa shape index (κ2) is 6.72. The topological polar surface area (TPSA) is 59.3 Å². The fourth-order valence-corrected chi connectivity index (χ4v) is 3.86. The number of fused-ring (bicyclic) bond motifs is 1. The number of benzene rings is 1. The van der Waals surface area contributed by atoms with Gasteiger partial charge in [-0.2, -0.15) is 5.10 Å². The Morgan fingerprint density at radius 2 is 1.96 bits per heavy atom. The summed E-state index contributed by atoms with van der Waals surface area (Å²) in [5.74, 6) is -0.181. The molecule has 0 saturated carbocycles. The number of nitrogens with zero attached hydrogens (tertiary/aromatic N) is 3. The van der Waals surface area contributed by atoms with Gasteiger partial charge in [0.05, 0.1) is 12.2 Å². The van der Waals surface area contributed by atoms with Crippen LogP contribution in [-0.2, 0) is 0 Å². The molecule has 3 aromatic heterocycles. The molecule has 6 heteroatoms. The summed E-state index contributed by atoms with van der Waals surface area (Å²) < 4.78 is 1.70. The molecule has 0 aliphatic heterocycles. The van der Waals surface area contributed by atoms with Crippen molar-refractivity contribution in [2.75, 3.05) is 0 Å². The standard InChI is InChI=1S/C20H18N4OS/c1-13-11-14(2)24-19(22-13)16(12-21-24)20(25)23-18(17-9-6-10-26-17)15-7-4-3-5-8-15/h3-12,18H,1-2H3,(H,23,25). The van der Waals surface area contributed by atoms with E-state index in [4.69, 9.17) is 0 Å². The number of amides is 1. The molecule has 0 fully saturated rings. The van der Waals surface area contributed by atoms with Gasteiger partial charge in [-0.05, 0) is 36.9 Å². The average Bonchev–Trinajstić information content (AvgIpc) is 3.30. The number of hydrogen-bond acceptors (Lipinski definition) is 4. The SMILES string of the molecule is Cc1cc(C)n2ncc(C(=O)NC(c3ccccc3)c3cccs3)c2n1. The number of aromatic nitrogens is 3. The fourth-order valence-electron chi connectivity index (χ4n) is 3.06. The maximum atomic E-state index is 13.0. The van der Waals surface area contributed by atoms with Crippen molar-refractivity contribution in [2.45, 2.75) is 19.9 Å². The van der Waals surface area contributed by atoms with Crippen molar-refractivity contribution in [3.05, 3.63) is 87.5 Å². The number of carbonyl (C=O) groups is 1. The van der Waals surface area contributed by atoms with Crippen LogP contribution in [0.15, 0.2) is 60.1 Å². The Bertz CT molecular complexity index is 1050. The average molecular weight is 362 g/mol. The molecule has 4 rings (SSSR count). The summed E-state index contributed by atoms with van der Waals surface area (Å²) in [4.78, 5) is 18.6. The van der Waals surface area contributed by atoms with Gasteiger partial charge in [0.2, 0.25) is 0 Å². The van der Waals surface area contributed by atoms with Gasteiger partial charge >= 0.3 is 0 Å². The lowest BCUT2D eigenvalue weighted by Gasteiger charge is -2.17. The first kappa shape index (κ1) is 16.5. The van der Waals surface area contributed by atoms with Crippen molar-refractivity contribution in [1.29, 1.82) is 0 Å². The fraction of sp³-hybridized carbons (Fsp3) is 0.150. The lowest BCUT2D eigenvalue weighted by molar-refractivity contribution is 0.0945. The van der Waals surface area contributed by atoms with Crippen molar-refractivity contribution < 1.29 is 4.79 Å². The number of rotatable bonds is 4. The van der Waals surface area contributed by atoms with Gasteiger partial charge in [-0.25, -0.2) is 9.50 Å². The molecule has 0 saturated heterocycles. The van der Waals surface area contributed by atoms with Crippen molar-refractivity contribution in [1.82, 2.24) is 19.9 Å². The first-order valence-corrected chi connectivity index (χ1v) is 9.22. The first-order valence-electron chi connectivity index (χ1n) is 8.34. The highest BCUT2D eigenvalue weighted by Gasteiger charge is 2.22. The molecule has 0 aliphatic carbocycles. The molecule has 5 nitrogen and oxygen atoms in total. The van der Waals surface area contributed by atoms with Crippen LogP contribution < -0.4 is 5.32 Å². The van der Waals surface area contributed by atoms with Crippen LogP contribution in [0, 0.1) is 13.8 Å². The Balaban J connectivity index is 1.72. The molecule has 0 bridgehead atoms. The molecule has 1 N–H and O–H groups in total. The van der Waals surface area contributed by atoms with Crippen molar-refractivity contribution in [3.63, 3.8) is 0 Å². The van der Waals surface area contributed by atoms with E-state index in [2.05, 4.69) is 15.4 Å².